The van der Waals surface area contributed by atoms with E-state index in [0.29, 0.717) is 22.4 Å². The summed E-state index contributed by atoms with van der Waals surface area (Å²) < 4.78 is 51.9. The molecule has 4 aromatic carbocycles. The number of benzene rings is 4. The SMILES string of the molecule is CC(=O)OC[C@H]1SC(O)[C@H](OC(C)=O)[C@@H](OC(C)=O)[C@@H]1OC(C)=O.CCc1ccc(Cc2cc(Br)cc(Br)c2O)cc1.CCc1ccc(Cc2cc(Br)cc(Br)c2O[C@@H]2S[C@H](COC(C)=O)[C@@H](OC(C)=O)[C@H](OC(C)=O)[C@H]2OC(C)=O)cc1. The third-order valence-electron chi connectivity index (χ3n) is 12.0. The summed E-state index contributed by atoms with van der Waals surface area (Å²) in [6.07, 6.45) is -3.76. The van der Waals surface area contributed by atoms with Crippen molar-refractivity contribution in [1.82, 2.24) is 0 Å². The zero-order valence-corrected chi connectivity index (χ0v) is 55.1. The molecule has 0 radical (unpaired) electrons. The van der Waals surface area contributed by atoms with Gasteiger partial charge in [-0.2, -0.15) is 0 Å². The van der Waals surface area contributed by atoms with Crippen molar-refractivity contribution in [2.24, 2.45) is 0 Å². The molecule has 0 spiro atoms. The average molecular weight is 1450 g/mol. The monoisotopic (exact) mass is 1450 g/mol. The first-order valence-electron chi connectivity index (χ1n) is 25.8. The number of aliphatic hydroxyl groups is 1. The first-order valence-corrected chi connectivity index (χ1v) is 30.9. The highest BCUT2D eigenvalue weighted by Gasteiger charge is 2.54. The van der Waals surface area contributed by atoms with E-state index in [4.69, 9.17) is 42.6 Å². The van der Waals surface area contributed by atoms with Crippen LogP contribution in [0.3, 0.4) is 0 Å². The molecular weight excluding hydrogens is 1380 g/mol. The van der Waals surface area contributed by atoms with Gasteiger partial charge in [0.25, 0.3) is 0 Å². The number of carbonyl (C=O) groups excluding carboxylic acids is 8. The van der Waals surface area contributed by atoms with Crippen molar-refractivity contribution >= 4 is 135 Å². The molecule has 0 amide bonds. The number of ether oxygens (including phenoxy) is 9. The Hall–Kier alpha value is -5.18. The van der Waals surface area contributed by atoms with Gasteiger partial charge in [0.05, 0.1) is 19.4 Å². The molecule has 2 aliphatic rings. The number of aromatic hydroxyl groups is 1. The molecule has 10 atom stereocenters. The van der Waals surface area contributed by atoms with Gasteiger partial charge in [0.15, 0.2) is 42.1 Å². The summed E-state index contributed by atoms with van der Waals surface area (Å²) in [6.45, 7) is 13.4. The molecule has 25 heteroatoms. The van der Waals surface area contributed by atoms with Crippen LogP contribution in [0.4, 0.5) is 0 Å². The number of aryl methyl sites for hydroxylation is 2. The molecule has 2 saturated heterocycles. The largest absolute Gasteiger partial charge is 0.506 e. The molecule has 0 bridgehead atoms. The number of hydrogen-bond acceptors (Lipinski definition) is 21. The zero-order valence-electron chi connectivity index (χ0n) is 47.1. The minimum Gasteiger partial charge on any atom is -0.506 e. The molecule has 2 aliphatic heterocycles. The second-order valence-corrected chi connectivity index (χ2v) is 25.0. The number of thioether (sulfide) groups is 2. The van der Waals surface area contributed by atoms with Gasteiger partial charge >= 0.3 is 47.8 Å². The van der Waals surface area contributed by atoms with E-state index in [1.54, 1.807) is 0 Å². The van der Waals surface area contributed by atoms with Gasteiger partial charge in [-0.1, -0.05) is 94.2 Å². The zero-order chi connectivity index (χ0) is 61.8. The molecule has 6 rings (SSSR count). The molecular formula is C58H66Br4O19S2. The summed E-state index contributed by atoms with van der Waals surface area (Å²) in [4.78, 5) is 93.1. The van der Waals surface area contributed by atoms with E-state index in [9.17, 15) is 48.6 Å². The lowest BCUT2D eigenvalue weighted by atomic mass is 10.0. The lowest BCUT2D eigenvalue weighted by molar-refractivity contribution is -0.191. The van der Waals surface area contributed by atoms with Crippen LogP contribution < -0.4 is 4.74 Å². The fraction of sp³-hybridized carbons (Fsp3) is 0.448. The van der Waals surface area contributed by atoms with Gasteiger partial charge < -0.3 is 52.8 Å². The number of esters is 8. The van der Waals surface area contributed by atoms with Gasteiger partial charge in [-0.25, -0.2) is 0 Å². The number of carbonyl (C=O) groups is 8. The molecule has 2 fully saturated rings. The van der Waals surface area contributed by atoms with Crippen LogP contribution in [-0.4, -0.2) is 129 Å². The van der Waals surface area contributed by atoms with Gasteiger partial charge in [-0.3, -0.25) is 38.4 Å². The first-order chi connectivity index (χ1) is 39.1. The van der Waals surface area contributed by atoms with Crippen molar-refractivity contribution in [1.29, 1.82) is 0 Å². The number of phenolic OH excluding ortho intramolecular Hbond substituents is 1. The molecule has 0 aromatic heterocycles. The van der Waals surface area contributed by atoms with Gasteiger partial charge in [0.1, 0.15) is 30.1 Å². The lowest BCUT2D eigenvalue weighted by Gasteiger charge is -2.43. The molecule has 452 valence electrons. The number of halogens is 4. The summed E-state index contributed by atoms with van der Waals surface area (Å²) in [6, 6.07) is 24.3. The lowest BCUT2D eigenvalue weighted by Crippen LogP contribution is -2.59. The van der Waals surface area contributed by atoms with E-state index >= 15 is 0 Å². The summed E-state index contributed by atoms with van der Waals surface area (Å²) >= 11 is 16.0. The van der Waals surface area contributed by atoms with Crippen molar-refractivity contribution in [2.75, 3.05) is 13.2 Å². The predicted octanol–water partition coefficient (Wildman–Crippen LogP) is 10.4. The van der Waals surface area contributed by atoms with E-state index in [1.807, 2.05) is 24.3 Å². The van der Waals surface area contributed by atoms with Gasteiger partial charge in [0.2, 0.25) is 0 Å². The van der Waals surface area contributed by atoms with Crippen LogP contribution in [-0.2, 0) is 102 Å². The van der Waals surface area contributed by atoms with Crippen molar-refractivity contribution in [3.63, 3.8) is 0 Å². The first kappa shape index (κ1) is 70.3. The molecule has 0 saturated carbocycles. The Morgan fingerprint density at radius 2 is 0.795 bits per heavy atom. The van der Waals surface area contributed by atoms with Crippen LogP contribution in [0.25, 0.3) is 0 Å². The van der Waals surface area contributed by atoms with E-state index in [1.165, 1.54) is 51.3 Å². The molecule has 0 aliphatic carbocycles. The Kier molecular flexibility index (Phi) is 28.9. The average Bonchev–Trinajstić information content (AvgIpc) is 3.03. The number of phenols is 1. The third-order valence-corrected chi connectivity index (χ3v) is 16.8. The maximum absolute atomic E-state index is 12.2. The minimum atomic E-state index is -1.26. The fourth-order valence-corrected chi connectivity index (χ4v) is 13.8. The summed E-state index contributed by atoms with van der Waals surface area (Å²) in [7, 11) is 0. The maximum atomic E-state index is 12.2. The van der Waals surface area contributed by atoms with Crippen LogP contribution >= 0.6 is 87.2 Å². The molecule has 19 nitrogen and oxygen atoms in total. The molecule has 2 heterocycles. The quantitative estimate of drug-likeness (QED) is 0.0693. The molecule has 1 unspecified atom stereocenters. The number of aliphatic hydroxyl groups excluding tert-OH is 1. The second-order valence-electron chi connectivity index (χ2n) is 18.7. The van der Waals surface area contributed by atoms with Crippen molar-refractivity contribution < 1.29 is 91.2 Å². The van der Waals surface area contributed by atoms with E-state index in [0.717, 1.165) is 93.7 Å². The number of hydrogen-bond donors (Lipinski definition) is 2. The minimum absolute atomic E-state index is 0.166. The van der Waals surface area contributed by atoms with Gasteiger partial charge in [-0.15, -0.1) is 23.5 Å². The Bertz CT molecular complexity index is 2910. The van der Waals surface area contributed by atoms with Crippen molar-refractivity contribution in [3.8, 4) is 11.5 Å². The third kappa shape index (κ3) is 23.0. The summed E-state index contributed by atoms with van der Waals surface area (Å²) in [5.74, 6) is -4.33. The highest BCUT2D eigenvalue weighted by molar-refractivity contribution is 9.11. The van der Waals surface area contributed by atoms with Crippen LogP contribution in [0.5, 0.6) is 11.5 Å². The predicted molar refractivity (Wildman–Crippen MR) is 322 cm³/mol. The van der Waals surface area contributed by atoms with Gasteiger partial charge in [-0.05, 0) is 91.2 Å². The Labute approximate surface area is 524 Å². The fourth-order valence-electron chi connectivity index (χ4n) is 8.46. The summed E-state index contributed by atoms with van der Waals surface area (Å²) in [5, 5.41) is 18.8. The Morgan fingerprint density at radius 3 is 1.22 bits per heavy atom. The van der Waals surface area contributed by atoms with E-state index < -0.39 is 106 Å². The standard InChI is InChI=1S/C29H32Br2O9S.C15H14Br2O.C14H20O9S/c1-6-19-7-9-20(10-8-19)11-21-12-22(30)13-23(31)25(21)40-29-28(39-18(5)35)27(38-17(4)34)26(37-16(3)33)24(41-29)14-36-15(2)32;1-2-10-3-5-11(6-4-10)7-12-8-13(16)9-14(17)15(12)18;1-6(15)20-5-10-11(21-7(2)16)12(22-8(3)17)13(14(19)24-10)23-9(4)18/h7-10,12-13,24,26-29H,6,11,14H2,1-5H3;3-6,8-9,18H,2,7H2,1H3;10-14,19H,5H2,1-4H3/t24-,26-,27+,28-,29-;;10-,11-,12+,13-,14?/m1.1/s1. The molecule has 83 heavy (non-hydrogen) atoms. The van der Waals surface area contributed by atoms with E-state index in [-0.39, 0.29) is 13.2 Å². The second kappa shape index (κ2) is 34.1. The normalized spacial score (nSPS) is 21.6. The van der Waals surface area contributed by atoms with Crippen LogP contribution in [0.2, 0.25) is 0 Å². The van der Waals surface area contributed by atoms with Crippen LogP contribution in [0, 0.1) is 0 Å². The Balaban J connectivity index is 0.000000296. The van der Waals surface area contributed by atoms with Crippen LogP contribution in [0.1, 0.15) is 103 Å². The summed E-state index contributed by atoms with van der Waals surface area (Å²) in [5.41, 5.74) is 4.37. The maximum Gasteiger partial charge on any atom is 0.303 e. The van der Waals surface area contributed by atoms with Crippen molar-refractivity contribution in [2.45, 2.75) is 153 Å². The van der Waals surface area contributed by atoms with Gasteiger partial charge in [0, 0.05) is 88.3 Å². The molecule has 4 aromatic rings. The highest BCUT2D eigenvalue weighted by Crippen LogP contribution is 2.43. The molecule has 2 N–H and O–H groups in total. The smallest absolute Gasteiger partial charge is 0.303 e. The van der Waals surface area contributed by atoms with Crippen LogP contribution in [0.15, 0.2) is 90.7 Å². The highest BCUT2D eigenvalue weighted by atomic mass is 79.9. The van der Waals surface area contributed by atoms with Crippen molar-refractivity contribution in [3.05, 3.63) is 124 Å². The van der Waals surface area contributed by atoms with E-state index in [2.05, 4.69) is 126 Å². The number of rotatable bonds is 18. The Morgan fingerprint density at radius 1 is 0.446 bits per heavy atom. The topological polar surface area (TPSA) is 260 Å².